The lowest BCUT2D eigenvalue weighted by Gasteiger charge is -2.21. The topological polar surface area (TPSA) is 106 Å². The van der Waals surface area contributed by atoms with Crippen LogP contribution in [-0.4, -0.2) is 43.3 Å². The molecule has 0 unspecified atom stereocenters. The van der Waals surface area contributed by atoms with Crippen LogP contribution in [0.2, 0.25) is 0 Å². The smallest absolute Gasteiger partial charge is 0.407 e. The third kappa shape index (κ3) is 9.43. The van der Waals surface area contributed by atoms with Crippen molar-refractivity contribution in [3.63, 3.8) is 0 Å². The second-order valence-corrected chi connectivity index (χ2v) is 8.11. The van der Waals surface area contributed by atoms with Gasteiger partial charge in [0.05, 0.1) is 0 Å². The van der Waals surface area contributed by atoms with Crippen LogP contribution < -0.4 is 16.0 Å². The lowest BCUT2D eigenvalue weighted by Crippen LogP contribution is -2.34. The van der Waals surface area contributed by atoms with E-state index < -0.39 is 11.7 Å². The Kier molecular flexibility index (Phi) is 8.45. The summed E-state index contributed by atoms with van der Waals surface area (Å²) in [5, 5.41) is 8.18. The van der Waals surface area contributed by atoms with Gasteiger partial charge in [-0.15, -0.1) is 0 Å². The summed E-state index contributed by atoms with van der Waals surface area (Å²) in [6, 6.07) is 6.94. The van der Waals surface area contributed by atoms with Crippen LogP contribution in [-0.2, 0) is 19.1 Å². The van der Waals surface area contributed by atoms with Crippen LogP contribution in [0.15, 0.2) is 24.3 Å². The van der Waals surface area contributed by atoms with E-state index in [1.54, 1.807) is 45.0 Å². The molecule has 1 aromatic rings. The van der Waals surface area contributed by atoms with E-state index in [4.69, 9.17) is 9.47 Å². The molecule has 29 heavy (non-hydrogen) atoms. The standard InChI is InChI=1S/C21H31N3O5/c1-21(2,3)29-20(27)22-11-8-18(25)23-16-4-6-17(7-5-16)24-19(26)14-15-9-12-28-13-10-15/h4-7,15H,8-14H2,1-3H3,(H,22,27)(H,23,25)(H,24,26). The first-order valence-electron chi connectivity index (χ1n) is 9.95. The second-order valence-electron chi connectivity index (χ2n) is 8.11. The number of anilines is 2. The average molecular weight is 405 g/mol. The Morgan fingerprint density at radius 1 is 1.00 bits per heavy atom. The molecular formula is C21H31N3O5. The van der Waals surface area contributed by atoms with E-state index in [1.165, 1.54) is 0 Å². The molecule has 0 bridgehead atoms. The summed E-state index contributed by atoms with van der Waals surface area (Å²) in [5.41, 5.74) is 0.732. The molecule has 0 aliphatic carbocycles. The maximum Gasteiger partial charge on any atom is 0.407 e. The van der Waals surface area contributed by atoms with Crippen molar-refractivity contribution in [2.45, 2.75) is 52.1 Å². The fraction of sp³-hybridized carbons (Fsp3) is 0.571. The number of alkyl carbamates (subject to hydrolysis) is 1. The number of benzene rings is 1. The van der Waals surface area contributed by atoms with Crippen LogP contribution in [0.5, 0.6) is 0 Å². The van der Waals surface area contributed by atoms with Crippen molar-refractivity contribution in [2.24, 2.45) is 5.92 Å². The molecule has 3 amide bonds. The first kappa shape index (κ1) is 22.7. The number of amides is 3. The highest BCUT2D eigenvalue weighted by atomic mass is 16.6. The molecule has 0 saturated carbocycles. The number of carbonyl (C=O) groups excluding carboxylic acids is 3. The minimum absolute atomic E-state index is 0.0121. The van der Waals surface area contributed by atoms with Gasteiger partial charge in [-0.3, -0.25) is 9.59 Å². The van der Waals surface area contributed by atoms with E-state index in [9.17, 15) is 14.4 Å². The lowest BCUT2D eigenvalue weighted by atomic mass is 9.96. The van der Waals surface area contributed by atoms with E-state index >= 15 is 0 Å². The highest BCUT2D eigenvalue weighted by Crippen LogP contribution is 2.20. The molecule has 0 radical (unpaired) electrons. The minimum atomic E-state index is -0.575. The fourth-order valence-electron chi connectivity index (χ4n) is 2.88. The van der Waals surface area contributed by atoms with Gasteiger partial charge in [-0.2, -0.15) is 0 Å². The maximum atomic E-state index is 12.1. The predicted octanol–water partition coefficient (Wildman–Crippen LogP) is 3.30. The number of hydrogen-bond acceptors (Lipinski definition) is 5. The first-order chi connectivity index (χ1) is 13.7. The molecular weight excluding hydrogens is 374 g/mol. The van der Waals surface area contributed by atoms with Crippen molar-refractivity contribution >= 4 is 29.3 Å². The van der Waals surface area contributed by atoms with E-state index in [0.29, 0.717) is 23.7 Å². The number of hydrogen-bond donors (Lipinski definition) is 3. The van der Waals surface area contributed by atoms with Gasteiger partial charge in [0, 0.05) is 44.0 Å². The number of ether oxygens (including phenoxy) is 2. The molecule has 0 aromatic heterocycles. The van der Waals surface area contributed by atoms with E-state index in [0.717, 1.165) is 26.1 Å². The summed E-state index contributed by atoms with van der Waals surface area (Å²) in [6.45, 7) is 6.95. The highest BCUT2D eigenvalue weighted by Gasteiger charge is 2.18. The summed E-state index contributed by atoms with van der Waals surface area (Å²) in [4.78, 5) is 35.7. The molecule has 1 heterocycles. The summed E-state index contributed by atoms with van der Waals surface area (Å²) in [5.74, 6) is 0.135. The summed E-state index contributed by atoms with van der Waals surface area (Å²) in [6.07, 6.45) is 1.91. The molecule has 0 atom stereocenters. The molecule has 2 rings (SSSR count). The zero-order valence-electron chi connectivity index (χ0n) is 17.4. The van der Waals surface area contributed by atoms with E-state index in [1.807, 2.05) is 0 Å². The van der Waals surface area contributed by atoms with E-state index in [-0.39, 0.29) is 24.8 Å². The molecule has 1 aliphatic rings. The van der Waals surface area contributed by atoms with Gasteiger partial charge in [0.15, 0.2) is 0 Å². The van der Waals surface area contributed by atoms with E-state index in [2.05, 4.69) is 16.0 Å². The molecule has 8 heteroatoms. The Balaban J connectivity index is 1.69. The zero-order chi connectivity index (χ0) is 21.3. The van der Waals surface area contributed by atoms with Gasteiger partial charge in [0.1, 0.15) is 5.60 Å². The SMILES string of the molecule is CC(C)(C)OC(=O)NCCC(=O)Nc1ccc(NC(=O)CC2CCOCC2)cc1. The van der Waals surface area contributed by atoms with Crippen LogP contribution in [0.1, 0.15) is 46.5 Å². The van der Waals surface area contributed by atoms with Gasteiger partial charge < -0.3 is 25.4 Å². The minimum Gasteiger partial charge on any atom is -0.444 e. The lowest BCUT2D eigenvalue weighted by molar-refractivity contribution is -0.118. The first-order valence-corrected chi connectivity index (χ1v) is 9.95. The van der Waals surface area contributed by atoms with Gasteiger partial charge in [-0.05, 0) is 63.8 Å². The maximum absolute atomic E-state index is 12.1. The van der Waals surface area contributed by atoms with Crippen LogP contribution in [0.3, 0.4) is 0 Å². The van der Waals surface area contributed by atoms with Crippen LogP contribution in [0.25, 0.3) is 0 Å². The normalized spacial score (nSPS) is 14.7. The van der Waals surface area contributed by atoms with Crippen molar-refractivity contribution in [3.8, 4) is 0 Å². The van der Waals surface area contributed by atoms with Crippen molar-refractivity contribution in [3.05, 3.63) is 24.3 Å². The van der Waals surface area contributed by atoms with Gasteiger partial charge in [-0.25, -0.2) is 4.79 Å². The van der Waals surface area contributed by atoms with Gasteiger partial charge in [0.25, 0.3) is 0 Å². The molecule has 1 aliphatic heterocycles. The summed E-state index contributed by atoms with van der Waals surface area (Å²) < 4.78 is 10.4. The number of rotatable bonds is 7. The molecule has 1 aromatic carbocycles. The predicted molar refractivity (Wildman–Crippen MR) is 111 cm³/mol. The Bertz CT molecular complexity index is 691. The fourth-order valence-corrected chi connectivity index (χ4v) is 2.88. The molecule has 1 fully saturated rings. The van der Waals surface area contributed by atoms with Crippen LogP contribution in [0.4, 0.5) is 16.2 Å². The molecule has 0 spiro atoms. The average Bonchev–Trinajstić information content (AvgIpc) is 2.62. The Morgan fingerprint density at radius 2 is 1.55 bits per heavy atom. The van der Waals surface area contributed by atoms with Crippen LogP contribution in [0, 0.1) is 5.92 Å². The summed E-state index contributed by atoms with van der Waals surface area (Å²) >= 11 is 0. The third-order valence-electron chi connectivity index (χ3n) is 4.29. The summed E-state index contributed by atoms with van der Waals surface area (Å²) in [7, 11) is 0. The molecule has 1 saturated heterocycles. The number of carbonyl (C=O) groups is 3. The quantitative estimate of drug-likeness (QED) is 0.645. The zero-order valence-corrected chi connectivity index (χ0v) is 17.4. The van der Waals surface area contributed by atoms with Gasteiger partial charge >= 0.3 is 6.09 Å². The molecule has 160 valence electrons. The van der Waals surface area contributed by atoms with Gasteiger partial charge in [0.2, 0.25) is 11.8 Å². The molecule has 8 nitrogen and oxygen atoms in total. The van der Waals surface area contributed by atoms with Crippen molar-refractivity contribution in [2.75, 3.05) is 30.4 Å². The van der Waals surface area contributed by atoms with Crippen molar-refractivity contribution < 1.29 is 23.9 Å². The van der Waals surface area contributed by atoms with Gasteiger partial charge in [-0.1, -0.05) is 0 Å². The third-order valence-corrected chi connectivity index (χ3v) is 4.29. The van der Waals surface area contributed by atoms with Crippen LogP contribution >= 0.6 is 0 Å². The Labute approximate surface area is 171 Å². The highest BCUT2D eigenvalue weighted by molar-refractivity contribution is 5.93. The molecule has 3 N–H and O–H groups in total. The monoisotopic (exact) mass is 405 g/mol. The van der Waals surface area contributed by atoms with Crippen molar-refractivity contribution in [1.29, 1.82) is 0 Å². The Morgan fingerprint density at radius 3 is 2.10 bits per heavy atom. The van der Waals surface area contributed by atoms with Crippen molar-refractivity contribution in [1.82, 2.24) is 5.32 Å². The number of nitrogens with one attached hydrogen (secondary N) is 3. The largest absolute Gasteiger partial charge is 0.444 e. The Hall–Kier alpha value is -2.61. The second kappa shape index (κ2) is 10.8.